The van der Waals surface area contributed by atoms with E-state index >= 15 is 0 Å². The molecule has 0 radical (unpaired) electrons. The Morgan fingerprint density at radius 1 is 1.07 bits per heavy atom. The maximum absolute atomic E-state index is 14.3. The molecule has 1 aliphatic rings. The number of carbonyl (C=O) groups excluding carboxylic acids is 3. The smallest absolute Gasteiger partial charge is 0.415 e. The normalized spacial score (nSPS) is 14.9. The molecule has 1 atom stereocenters. The summed E-state index contributed by atoms with van der Waals surface area (Å²) in [5.74, 6) is -0.901. The van der Waals surface area contributed by atoms with Gasteiger partial charge in [-0.1, -0.05) is 54.1 Å². The number of furan rings is 1. The summed E-state index contributed by atoms with van der Waals surface area (Å²) in [4.78, 5) is 43.2. The topological polar surface area (TPSA) is 92.1 Å². The summed E-state index contributed by atoms with van der Waals surface area (Å²) in [5, 5.41) is 3.33. The van der Waals surface area contributed by atoms with Gasteiger partial charge in [-0.25, -0.2) is 9.18 Å². The lowest BCUT2D eigenvalue weighted by Gasteiger charge is -2.34. The average Bonchev–Trinajstić information content (AvgIpc) is 3.67. The summed E-state index contributed by atoms with van der Waals surface area (Å²) in [6.07, 6.45) is 2.11. The first-order valence-corrected chi connectivity index (χ1v) is 14.9. The number of likely N-dealkylation sites (tertiary alicyclic amines) is 1. The van der Waals surface area contributed by atoms with Crippen LogP contribution in [0.25, 0.3) is 11.0 Å². The molecule has 0 spiro atoms. The van der Waals surface area contributed by atoms with E-state index in [9.17, 15) is 18.8 Å². The molecule has 1 N–H and O–H groups in total. The van der Waals surface area contributed by atoms with Gasteiger partial charge in [-0.2, -0.15) is 0 Å². The van der Waals surface area contributed by atoms with Crippen molar-refractivity contribution < 1.29 is 27.9 Å². The van der Waals surface area contributed by atoms with E-state index in [0.717, 1.165) is 5.56 Å². The molecule has 3 amide bonds. The highest BCUT2D eigenvalue weighted by Gasteiger charge is 2.34. The van der Waals surface area contributed by atoms with E-state index in [4.69, 9.17) is 20.8 Å². The quantitative estimate of drug-likeness (QED) is 0.232. The highest BCUT2D eigenvalue weighted by atomic mass is 35.5. The Morgan fingerprint density at radius 2 is 1.84 bits per heavy atom. The van der Waals surface area contributed by atoms with Crippen LogP contribution in [0.2, 0.25) is 5.02 Å². The Kier molecular flexibility index (Phi) is 9.25. The van der Waals surface area contributed by atoms with Crippen molar-refractivity contribution in [3.8, 4) is 5.75 Å². The first-order chi connectivity index (χ1) is 21.0. The summed E-state index contributed by atoms with van der Waals surface area (Å²) in [7, 11) is 0. The lowest BCUT2D eigenvalue weighted by atomic mass is 10.1. The molecule has 0 saturated carbocycles. The molecular weight excluding hydrogens is 585 g/mol. The monoisotopic (exact) mass is 619 g/mol. The molecule has 2 heterocycles. The van der Waals surface area contributed by atoms with E-state index in [0.29, 0.717) is 42.5 Å². The molecule has 1 fully saturated rings. The van der Waals surface area contributed by atoms with Crippen LogP contribution < -0.4 is 10.1 Å². The van der Waals surface area contributed by atoms with Crippen molar-refractivity contribution in [3.05, 3.63) is 101 Å². The number of hydrogen-bond donors (Lipinski definition) is 1. The second-order valence-corrected chi connectivity index (χ2v) is 12.3. The summed E-state index contributed by atoms with van der Waals surface area (Å²) in [6.45, 7) is 6.56. The highest BCUT2D eigenvalue weighted by Crippen LogP contribution is 2.31. The van der Waals surface area contributed by atoms with Crippen molar-refractivity contribution >= 4 is 40.5 Å². The summed E-state index contributed by atoms with van der Waals surface area (Å²) >= 11 is 5.86. The molecule has 8 nitrogen and oxygen atoms in total. The number of ether oxygens (including phenoxy) is 1. The van der Waals surface area contributed by atoms with E-state index in [1.165, 1.54) is 12.3 Å². The van der Waals surface area contributed by atoms with Gasteiger partial charge in [-0.15, -0.1) is 0 Å². The van der Waals surface area contributed by atoms with Crippen LogP contribution in [0.4, 0.5) is 9.18 Å². The van der Waals surface area contributed by atoms with Crippen molar-refractivity contribution in [3.63, 3.8) is 0 Å². The van der Waals surface area contributed by atoms with Gasteiger partial charge in [-0.05, 0) is 69.0 Å². The zero-order valence-corrected chi connectivity index (χ0v) is 25.7. The van der Waals surface area contributed by atoms with Crippen molar-refractivity contribution in [1.82, 2.24) is 15.1 Å². The second kappa shape index (κ2) is 13.1. The molecule has 4 aromatic rings. The first-order valence-electron chi connectivity index (χ1n) is 14.5. The SMILES string of the molecule is CC(C)(C)N(Cc1ccccc1)C(=O)Oc1cc(CC(=O)N2CCC[C@H]2C(=O)NCc2cccc(Cl)c2F)cc2occc12. The fourth-order valence-electron chi connectivity index (χ4n) is 5.37. The standard InChI is InChI=1S/C34H35ClFN3O5/c1-34(2,3)39(21-22-9-5-4-6-10-22)33(42)44-29-18-23(17-28-25(29)14-16-43-28)19-30(40)38-15-8-13-27(38)32(41)37-20-24-11-7-12-26(35)31(24)36/h4-7,9-12,14,16-18,27H,8,13,15,19-21H2,1-3H3,(H,37,41)/t27-/m0/s1. The molecule has 1 saturated heterocycles. The third kappa shape index (κ3) is 7.05. The lowest BCUT2D eigenvalue weighted by Crippen LogP contribution is -2.46. The highest BCUT2D eigenvalue weighted by molar-refractivity contribution is 6.30. The largest absolute Gasteiger partial charge is 0.464 e. The van der Waals surface area contributed by atoms with Crippen molar-refractivity contribution in [2.45, 2.75) is 64.7 Å². The van der Waals surface area contributed by atoms with Gasteiger partial charge in [0.25, 0.3) is 0 Å². The van der Waals surface area contributed by atoms with Crippen LogP contribution in [0.5, 0.6) is 5.75 Å². The molecular formula is C34H35ClFN3O5. The molecule has 5 rings (SSSR count). The number of nitrogens with zero attached hydrogens (tertiary/aromatic N) is 2. The number of halogens is 2. The summed E-state index contributed by atoms with van der Waals surface area (Å²) in [5.41, 5.74) is 1.76. The minimum Gasteiger partial charge on any atom is -0.464 e. The number of rotatable bonds is 8. The number of fused-ring (bicyclic) bond motifs is 1. The Hall–Kier alpha value is -4.37. The van der Waals surface area contributed by atoms with Crippen LogP contribution in [0.1, 0.15) is 50.3 Å². The predicted molar refractivity (Wildman–Crippen MR) is 166 cm³/mol. The minimum absolute atomic E-state index is 0.0182. The van der Waals surface area contributed by atoms with Gasteiger partial charge in [0.1, 0.15) is 23.2 Å². The Balaban J connectivity index is 1.30. The zero-order valence-electron chi connectivity index (χ0n) is 24.9. The summed E-state index contributed by atoms with van der Waals surface area (Å²) in [6, 6.07) is 18.7. The second-order valence-electron chi connectivity index (χ2n) is 11.9. The molecule has 0 aliphatic carbocycles. The molecule has 0 bridgehead atoms. The third-order valence-corrected chi connectivity index (χ3v) is 8.01. The van der Waals surface area contributed by atoms with Crippen molar-refractivity contribution in [2.75, 3.05) is 6.54 Å². The van der Waals surface area contributed by atoms with Gasteiger partial charge in [0.05, 0.1) is 23.1 Å². The zero-order chi connectivity index (χ0) is 31.4. The van der Waals surface area contributed by atoms with Crippen LogP contribution in [0.15, 0.2) is 77.4 Å². The van der Waals surface area contributed by atoms with Gasteiger partial charge in [-0.3, -0.25) is 14.5 Å². The number of benzene rings is 3. The van der Waals surface area contributed by atoms with Crippen LogP contribution in [-0.2, 0) is 29.1 Å². The third-order valence-electron chi connectivity index (χ3n) is 7.72. The van der Waals surface area contributed by atoms with Crippen LogP contribution in [0.3, 0.4) is 0 Å². The van der Waals surface area contributed by atoms with Crippen LogP contribution in [0, 0.1) is 5.82 Å². The molecule has 1 aliphatic heterocycles. The lowest BCUT2D eigenvalue weighted by molar-refractivity contribution is -0.138. The molecule has 1 aromatic heterocycles. The average molecular weight is 620 g/mol. The van der Waals surface area contributed by atoms with E-state index in [-0.39, 0.29) is 41.1 Å². The molecule has 0 unspecified atom stereocenters. The van der Waals surface area contributed by atoms with Gasteiger partial charge in [0, 0.05) is 30.7 Å². The van der Waals surface area contributed by atoms with E-state index < -0.39 is 23.5 Å². The Morgan fingerprint density at radius 3 is 2.59 bits per heavy atom. The fourth-order valence-corrected chi connectivity index (χ4v) is 5.56. The van der Waals surface area contributed by atoms with Crippen LogP contribution >= 0.6 is 11.6 Å². The minimum atomic E-state index is -0.673. The number of hydrogen-bond acceptors (Lipinski definition) is 5. The molecule has 44 heavy (non-hydrogen) atoms. The Bertz CT molecular complexity index is 1670. The van der Waals surface area contributed by atoms with Crippen molar-refractivity contribution in [2.24, 2.45) is 0 Å². The van der Waals surface area contributed by atoms with E-state index in [1.807, 2.05) is 51.1 Å². The van der Waals surface area contributed by atoms with Crippen molar-refractivity contribution in [1.29, 1.82) is 0 Å². The van der Waals surface area contributed by atoms with E-state index in [1.54, 1.807) is 40.1 Å². The van der Waals surface area contributed by atoms with Crippen LogP contribution in [-0.4, -0.2) is 45.8 Å². The van der Waals surface area contributed by atoms with Gasteiger partial charge in [0.15, 0.2) is 0 Å². The van der Waals surface area contributed by atoms with E-state index in [2.05, 4.69) is 5.32 Å². The maximum atomic E-state index is 14.3. The number of nitrogens with one attached hydrogen (secondary N) is 1. The summed E-state index contributed by atoms with van der Waals surface area (Å²) < 4.78 is 25.9. The number of amides is 3. The van der Waals surface area contributed by atoms with Gasteiger partial charge in [0.2, 0.25) is 11.8 Å². The fraction of sp³-hybridized carbons (Fsp3) is 0.324. The maximum Gasteiger partial charge on any atom is 0.415 e. The molecule has 3 aromatic carbocycles. The first kappa shape index (κ1) is 31.1. The Labute approximate surface area is 260 Å². The van der Waals surface area contributed by atoms with Gasteiger partial charge < -0.3 is 19.4 Å². The predicted octanol–water partition coefficient (Wildman–Crippen LogP) is 6.87. The molecule has 10 heteroatoms. The number of carbonyl (C=O) groups is 3. The van der Waals surface area contributed by atoms with Gasteiger partial charge >= 0.3 is 6.09 Å². The molecule has 230 valence electrons.